The topological polar surface area (TPSA) is 93.1 Å². The van der Waals surface area contributed by atoms with Crippen molar-refractivity contribution in [2.75, 3.05) is 12.3 Å². The van der Waals surface area contributed by atoms with Gasteiger partial charge in [-0.05, 0) is 38.3 Å². The van der Waals surface area contributed by atoms with Crippen molar-refractivity contribution in [2.45, 2.75) is 50.4 Å². The van der Waals surface area contributed by atoms with Crippen molar-refractivity contribution in [3.63, 3.8) is 0 Å². The Morgan fingerprint density at radius 1 is 1.33 bits per heavy atom. The van der Waals surface area contributed by atoms with Gasteiger partial charge in [-0.15, -0.1) is 0 Å². The fourth-order valence-corrected chi connectivity index (χ4v) is 3.64. The van der Waals surface area contributed by atoms with Gasteiger partial charge in [0.15, 0.2) is 5.16 Å². The summed E-state index contributed by atoms with van der Waals surface area (Å²) in [6.45, 7) is 4.21. The van der Waals surface area contributed by atoms with Crippen molar-refractivity contribution in [1.29, 1.82) is 0 Å². The van der Waals surface area contributed by atoms with E-state index in [4.69, 9.17) is 0 Å². The third kappa shape index (κ3) is 4.68. The third-order valence-electron chi connectivity index (χ3n) is 4.34. The van der Waals surface area contributed by atoms with E-state index >= 15 is 0 Å². The molecule has 2 N–H and O–H groups in total. The van der Waals surface area contributed by atoms with Gasteiger partial charge < -0.3 is 10.6 Å². The minimum atomic E-state index is -0.597. The molecule has 27 heavy (non-hydrogen) atoms. The Kier molecular flexibility index (Phi) is 6.15. The first kappa shape index (κ1) is 19.4. The molecule has 0 unspecified atom stereocenters. The second kappa shape index (κ2) is 8.56. The van der Waals surface area contributed by atoms with Gasteiger partial charge in [-0.2, -0.15) is 0 Å². The Bertz CT molecular complexity index is 907. The van der Waals surface area contributed by atoms with E-state index in [1.807, 2.05) is 19.1 Å². The third-order valence-corrected chi connectivity index (χ3v) is 5.29. The monoisotopic (exact) mass is 388 g/mol. The van der Waals surface area contributed by atoms with Crippen LogP contribution in [0.15, 0.2) is 34.2 Å². The Morgan fingerprint density at radius 3 is 2.78 bits per heavy atom. The van der Waals surface area contributed by atoms with Crippen LogP contribution in [-0.2, 0) is 9.59 Å². The smallest absolute Gasteiger partial charge is 0.262 e. The second-order valence-corrected chi connectivity index (χ2v) is 7.63. The normalized spacial score (nSPS) is 14.7. The first-order valence-corrected chi connectivity index (χ1v) is 10.2. The number of hydrogen-bond donors (Lipinski definition) is 2. The Hall–Kier alpha value is -2.35. The predicted octanol–water partition coefficient (Wildman–Crippen LogP) is 1.85. The van der Waals surface area contributed by atoms with Gasteiger partial charge in [-0.3, -0.25) is 19.0 Å². The van der Waals surface area contributed by atoms with Gasteiger partial charge in [0, 0.05) is 12.6 Å². The summed E-state index contributed by atoms with van der Waals surface area (Å²) in [5, 5.41) is 6.59. The number of benzene rings is 1. The van der Waals surface area contributed by atoms with E-state index in [9.17, 15) is 14.4 Å². The molecular weight excluding hydrogens is 364 g/mol. The van der Waals surface area contributed by atoms with Crippen molar-refractivity contribution in [1.82, 2.24) is 20.2 Å². The lowest BCUT2D eigenvalue weighted by Gasteiger charge is -2.15. The van der Waals surface area contributed by atoms with Crippen LogP contribution in [0.3, 0.4) is 0 Å². The largest absolute Gasteiger partial charge is 0.354 e. The summed E-state index contributed by atoms with van der Waals surface area (Å²) in [5.74, 6) is -0.360. The molecule has 1 aromatic heterocycles. The lowest BCUT2D eigenvalue weighted by Crippen LogP contribution is -2.45. The molecule has 7 nitrogen and oxygen atoms in total. The van der Waals surface area contributed by atoms with Crippen LogP contribution in [0.2, 0.25) is 0 Å². The molecule has 1 fully saturated rings. The van der Waals surface area contributed by atoms with Crippen molar-refractivity contribution in [3.8, 4) is 0 Å². The van der Waals surface area contributed by atoms with Crippen LogP contribution < -0.4 is 16.2 Å². The maximum absolute atomic E-state index is 12.8. The molecule has 2 amide bonds. The number of hydrogen-bond acceptors (Lipinski definition) is 5. The molecule has 2 aromatic rings. The summed E-state index contributed by atoms with van der Waals surface area (Å²) in [7, 11) is 0. The van der Waals surface area contributed by atoms with E-state index in [0.29, 0.717) is 22.6 Å². The quantitative estimate of drug-likeness (QED) is 0.532. The predicted molar refractivity (Wildman–Crippen MR) is 106 cm³/mol. The molecule has 1 saturated carbocycles. The fraction of sp³-hybridized carbons (Fsp3) is 0.474. The van der Waals surface area contributed by atoms with E-state index < -0.39 is 6.04 Å². The average Bonchev–Trinajstić information content (AvgIpc) is 3.49. The number of thioether (sulfide) groups is 1. The van der Waals surface area contributed by atoms with E-state index in [1.54, 1.807) is 23.6 Å². The number of para-hydroxylation sites is 1. The van der Waals surface area contributed by atoms with Gasteiger partial charge in [0.05, 0.1) is 16.7 Å². The maximum atomic E-state index is 12.8. The molecule has 8 heteroatoms. The number of aromatic nitrogens is 2. The van der Waals surface area contributed by atoms with Gasteiger partial charge in [0.1, 0.15) is 6.04 Å². The van der Waals surface area contributed by atoms with E-state index in [-0.39, 0.29) is 29.2 Å². The van der Waals surface area contributed by atoms with Crippen LogP contribution >= 0.6 is 11.8 Å². The standard InChI is InChI=1S/C19H24N4O3S/c1-3-10-20-17(25)12(2)21-16(24)11-27-19-22-15-7-5-4-6-14(15)18(26)23(19)13-8-9-13/h4-7,12-13H,3,8-11H2,1-2H3,(H,20,25)(H,21,24)/t12-/m1/s1. The molecule has 1 aliphatic rings. The van der Waals surface area contributed by atoms with E-state index in [1.165, 1.54) is 11.8 Å². The molecule has 0 bridgehead atoms. The summed E-state index contributed by atoms with van der Waals surface area (Å²) < 4.78 is 1.71. The molecule has 1 aromatic carbocycles. The summed E-state index contributed by atoms with van der Waals surface area (Å²) in [5.41, 5.74) is 0.577. The maximum Gasteiger partial charge on any atom is 0.262 e. The van der Waals surface area contributed by atoms with Crippen LogP contribution in [0.4, 0.5) is 0 Å². The molecular formula is C19H24N4O3S. The summed E-state index contributed by atoms with van der Waals surface area (Å²) in [6, 6.07) is 6.82. The number of carbonyl (C=O) groups excluding carboxylic acids is 2. The van der Waals surface area contributed by atoms with Crippen LogP contribution in [-0.4, -0.2) is 39.7 Å². The average molecular weight is 388 g/mol. The van der Waals surface area contributed by atoms with Crippen molar-refractivity contribution < 1.29 is 9.59 Å². The zero-order valence-electron chi connectivity index (χ0n) is 15.5. The van der Waals surface area contributed by atoms with Crippen LogP contribution in [0.5, 0.6) is 0 Å². The lowest BCUT2D eigenvalue weighted by molar-refractivity contribution is -0.127. The molecule has 0 saturated heterocycles. The Balaban J connectivity index is 1.69. The molecule has 1 heterocycles. The lowest BCUT2D eigenvalue weighted by atomic mass is 10.2. The fourth-order valence-electron chi connectivity index (χ4n) is 2.76. The van der Waals surface area contributed by atoms with Crippen molar-refractivity contribution in [2.24, 2.45) is 0 Å². The highest BCUT2D eigenvalue weighted by Gasteiger charge is 2.29. The summed E-state index contributed by atoms with van der Waals surface area (Å²) >= 11 is 1.23. The number of amides is 2. The Labute approximate surface area is 161 Å². The Morgan fingerprint density at radius 2 is 2.07 bits per heavy atom. The highest BCUT2D eigenvalue weighted by Crippen LogP contribution is 2.36. The highest BCUT2D eigenvalue weighted by atomic mass is 32.2. The first-order chi connectivity index (χ1) is 13.0. The van der Waals surface area contributed by atoms with Gasteiger partial charge in [0.25, 0.3) is 5.56 Å². The van der Waals surface area contributed by atoms with Crippen LogP contribution in [0.25, 0.3) is 10.9 Å². The zero-order valence-corrected chi connectivity index (χ0v) is 16.3. The van der Waals surface area contributed by atoms with Gasteiger partial charge in [-0.25, -0.2) is 4.98 Å². The molecule has 1 aliphatic carbocycles. The number of nitrogens with one attached hydrogen (secondary N) is 2. The highest BCUT2D eigenvalue weighted by molar-refractivity contribution is 7.99. The van der Waals surface area contributed by atoms with Crippen molar-refractivity contribution >= 4 is 34.5 Å². The zero-order chi connectivity index (χ0) is 19.4. The number of rotatable bonds is 8. The molecule has 0 radical (unpaired) electrons. The summed E-state index contributed by atoms with van der Waals surface area (Å²) in [6.07, 6.45) is 2.75. The minimum absolute atomic E-state index is 0.0571. The molecule has 144 valence electrons. The van der Waals surface area contributed by atoms with Gasteiger partial charge >= 0.3 is 0 Å². The van der Waals surface area contributed by atoms with Crippen LogP contribution in [0, 0.1) is 0 Å². The van der Waals surface area contributed by atoms with E-state index in [2.05, 4.69) is 15.6 Å². The SMILES string of the molecule is CCCNC(=O)[C@@H](C)NC(=O)CSc1nc2ccccc2c(=O)n1C1CC1. The van der Waals surface area contributed by atoms with Gasteiger partial charge in [-0.1, -0.05) is 30.8 Å². The molecule has 0 spiro atoms. The molecule has 3 rings (SSSR count). The molecule has 0 aliphatic heterocycles. The van der Waals surface area contributed by atoms with Crippen LogP contribution in [0.1, 0.15) is 39.2 Å². The summed E-state index contributed by atoms with van der Waals surface area (Å²) in [4.78, 5) is 41.5. The number of fused-ring (bicyclic) bond motifs is 1. The van der Waals surface area contributed by atoms with E-state index in [0.717, 1.165) is 19.3 Å². The second-order valence-electron chi connectivity index (χ2n) is 6.69. The number of carbonyl (C=O) groups is 2. The number of nitrogens with zero attached hydrogens (tertiary/aromatic N) is 2. The minimum Gasteiger partial charge on any atom is -0.354 e. The molecule has 1 atom stereocenters. The van der Waals surface area contributed by atoms with Crippen molar-refractivity contribution in [3.05, 3.63) is 34.6 Å². The first-order valence-electron chi connectivity index (χ1n) is 9.22. The van der Waals surface area contributed by atoms with Gasteiger partial charge in [0.2, 0.25) is 11.8 Å².